The highest BCUT2D eigenvalue weighted by molar-refractivity contribution is 5.99. The van der Waals surface area contributed by atoms with Gasteiger partial charge in [0.25, 0.3) is 11.8 Å². The van der Waals surface area contributed by atoms with Crippen LogP contribution in [-0.4, -0.2) is 57.2 Å². The fourth-order valence-corrected chi connectivity index (χ4v) is 4.84. The van der Waals surface area contributed by atoms with E-state index in [2.05, 4.69) is 10.2 Å². The first kappa shape index (κ1) is 20.8. The summed E-state index contributed by atoms with van der Waals surface area (Å²) in [6, 6.07) is 4.88. The first-order chi connectivity index (χ1) is 15.5. The van der Waals surface area contributed by atoms with E-state index in [9.17, 15) is 18.4 Å². The second kappa shape index (κ2) is 8.48. The highest BCUT2D eigenvalue weighted by Crippen LogP contribution is 2.35. The minimum absolute atomic E-state index is 0.0514. The number of alkyl halides is 2. The van der Waals surface area contributed by atoms with Gasteiger partial charge in [0.1, 0.15) is 6.10 Å². The summed E-state index contributed by atoms with van der Waals surface area (Å²) in [6.45, 7) is 1.86. The van der Waals surface area contributed by atoms with Crippen LogP contribution in [0.3, 0.4) is 0 Å². The van der Waals surface area contributed by atoms with Crippen LogP contribution in [0.15, 0.2) is 22.6 Å². The van der Waals surface area contributed by atoms with Crippen molar-refractivity contribution in [3.05, 3.63) is 35.2 Å². The van der Waals surface area contributed by atoms with E-state index in [1.54, 1.807) is 28.0 Å². The van der Waals surface area contributed by atoms with E-state index >= 15 is 0 Å². The second-order valence-corrected chi connectivity index (χ2v) is 8.52. The van der Waals surface area contributed by atoms with Crippen molar-refractivity contribution < 1.29 is 27.5 Å². The van der Waals surface area contributed by atoms with E-state index in [1.807, 2.05) is 0 Å². The van der Waals surface area contributed by atoms with Gasteiger partial charge < -0.3 is 19.0 Å². The summed E-state index contributed by atoms with van der Waals surface area (Å²) in [7, 11) is 0. The smallest absolute Gasteiger partial charge is 0.410 e. The lowest BCUT2D eigenvalue weighted by Gasteiger charge is -2.37. The molecule has 0 radical (unpaired) electrons. The van der Waals surface area contributed by atoms with Crippen LogP contribution in [0, 0.1) is 0 Å². The number of amides is 2. The average molecular weight is 446 g/mol. The van der Waals surface area contributed by atoms with Gasteiger partial charge in [-0.2, -0.15) is 8.78 Å². The first-order valence-corrected chi connectivity index (χ1v) is 11.0. The van der Waals surface area contributed by atoms with E-state index in [0.717, 1.165) is 57.2 Å². The standard InChI is InChI=1S/C22H24F2N4O4/c23-18(24)20-26-25-19(32-20)13-7-8-14-12-28(21(29)15(14)11-13)16-5-1-2-6-17(16)31-22(30)27-9-3-4-10-27/h7-8,11,16-18H,1-6,9-10,12H2/t16-,17-/m1/s1. The molecule has 10 heteroatoms. The third-order valence-corrected chi connectivity index (χ3v) is 6.50. The second-order valence-electron chi connectivity index (χ2n) is 8.52. The number of fused-ring (bicyclic) bond motifs is 1. The fraction of sp³-hybridized carbons (Fsp3) is 0.545. The molecule has 2 aromatic rings. The van der Waals surface area contributed by atoms with Crippen molar-refractivity contribution in [3.8, 4) is 11.5 Å². The van der Waals surface area contributed by atoms with E-state index in [0.29, 0.717) is 17.7 Å². The summed E-state index contributed by atoms with van der Waals surface area (Å²) >= 11 is 0. The van der Waals surface area contributed by atoms with Crippen molar-refractivity contribution in [1.82, 2.24) is 20.0 Å². The van der Waals surface area contributed by atoms with Gasteiger partial charge >= 0.3 is 12.5 Å². The number of rotatable bonds is 4. The molecule has 1 saturated carbocycles. The number of nitrogens with zero attached hydrogens (tertiary/aromatic N) is 4. The SMILES string of the molecule is O=C(O[C@@H]1CCCC[C@H]1N1Cc2ccc(-c3nnc(C(F)F)o3)cc2C1=O)N1CCCC1. The lowest BCUT2D eigenvalue weighted by atomic mass is 9.91. The molecule has 1 aromatic heterocycles. The van der Waals surface area contributed by atoms with E-state index in [4.69, 9.17) is 9.15 Å². The number of hydrogen-bond donors (Lipinski definition) is 0. The minimum atomic E-state index is -2.85. The Kier molecular flexibility index (Phi) is 5.52. The molecule has 2 atom stereocenters. The summed E-state index contributed by atoms with van der Waals surface area (Å²) in [5.41, 5.74) is 1.73. The molecular formula is C22H24F2N4O4. The van der Waals surface area contributed by atoms with Gasteiger partial charge in [-0.3, -0.25) is 4.79 Å². The topological polar surface area (TPSA) is 88.8 Å². The zero-order valence-electron chi connectivity index (χ0n) is 17.5. The van der Waals surface area contributed by atoms with Crippen LogP contribution in [0.25, 0.3) is 11.5 Å². The van der Waals surface area contributed by atoms with E-state index < -0.39 is 12.3 Å². The maximum Gasteiger partial charge on any atom is 0.410 e. The predicted octanol–water partition coefficient (Wildman–Crippen LogP) is 4.17. The molecule has 0 bridgehead atoms. The number of carbonyl (C=O) groups is 2. The molecule has 0 spiro atoms. The van der Waals surface area contributed by atoms with Crippen LogP contribution in [-0.2, 0) is 11.3 Å². The predicted molar refractivity (Wildman–Crippen MR) is 108 cm³/mol. The van der Waals surface area contributed by atoms with Gasteiger partial charge in [-0.05, 0) is 49.8 Å². The highest BCUT2D eigenvalue weighted by Gasteiger charge is 2.40. The fourth-order valence-electron chi connectivity index (χ4n) is 4.84. The van der Waals surface area contributed by atoms with Crippen LogP contribution in [0.5, 0.6) is 0 Å². The van der Waals surface area contributed by atoms with E-state index in [1.165, 1.54) is 0 Å². The van der Waals surface area contributed by atoms with Crippen LogP contribution in [0.1, 0.15) is 66.8 Å². The van der Waals surface area contributed by atoms with Gasteiger partial charge in [-0.25, -0.2) is 4.79 Å². The van der Waals surface area contributed by atoms with E-state index in [-0.39, 0.29) is 30.0 Å². The highest BCUT2D eigenvalue weighted by atomic mass is 19.3. The zero-order valence-corrected chi connectivity index (χ0v) is 17.5. The van der Waals surface area contributed by atoms with Crippen molar-refractivity contribution >= 4 is 12.0 Å². The number of carbonyl (C=O) groups excluding carboxylic acids is 2. The van der Waals surface area contributed by atoms with Gasteiger partial charge in [0.15, 0.2) is 0 Å². The molecule has 0 unspecified atom stereocenters. The number of likely N-dealkylation sites (tertiary alicyclic amines) is 1. The van der Waals surface area contributed by atoms with Crippen LogP contribution in [0.2, 0.25) is 0 Å². The summed E-state index contributed by atoms with van der Waals surface area (Å²) < 4.78 is 36.4. The quantitative estimate of drug-likeness (QED) is 0.700. The minimum Gasteiger partial charge on any atom is -0.444 e. The molecular weight excluding hydrogens is 422 g/mol. The Morgan fingerprint density at radius 3 is 2.66 bits per heavy atom. The Morgan fingerprint density at radius 2 is 1.91 bits per heavy atom. The molecule has 3 aliphatic rings. The van der Waals surface area contributed by atoms with Crippen LogP contribution >= 0.6 is 0 Å². The summed E-state index contributed by atoms with van der Waals surface area (Å²) in [5, 5.41) is 7.01. The summed E-state index contributed by atoms with van der Waals surface area (Å²) in [6.07, 6.45) is 1.92. The average Bonchev–Trinajstić information content (AvgIpc) is 3.55. The number of hydrogen-bond acceptors (Lipinski definition) is 6. The maximum absolute atomic E-state index is 13.3. The number of benzene rings is 1. The van der Waals surface area contributed by atoms with Gasteiger partial charge in [0.2, 0.25) is 5.89 Å². The zero-order chi connectivity index (χ0) is 22.2. The van der Waals surface area contributed by atoms with Gasteiger partial charge in [-0.15, -0.1) is 10.2 Å². The molecule has 32 heavy (non-hydrogen) atoms. The molecule has 2 amide bonds. The lowest BCUT2D eigenvalue weighted by molar-refractivity contribution is -0.00499. The van der Waals surface area contributed by atoms with Gasteiger partial charge in [-0.1, -0.05) is 12.5 Å². The Labute approximate surface area is 183 Å². The van der Waals surface area contributed by atoms with Crippen molar-refractivity contribution in [2.24, 2.45) is 0 Å². The molecule has 2 fully saturated rings. The number of ether oxygens (including phenoxy) is 1. The summed E-state index contributed by atoms with van der Waals surface area (Å²) in [5.74, 6) is -0.965. The van der Waals surface area contributed by atoms with Crippen LogP contribution < -0.4 is 0 Å². The molecule has 1 saturated heterocycles. The van der Waals surface area contributed by atoms with Crippen molar-refractivity contribution in [1.29, 1.82) is 0 Å². The number of aromatic nitrogens is 2. The Balaban J connectivity index is 1.34. The Morgan fingerprint density at radius 1 is 1.12 bits per heavy atom. The molecule has 3 heterocycles. The monoisotopic (exact) mass is 446 g/mol. The maximum atomic E-state index is 13.3. The third kappa shape index (κ3) is 3.82. The van der Waals surface area contributed by atoms with Gasteiger partial charge in [0, 0.05) is 30.8 Å². The van der Waals surface area contributed by atoms with Crippen molar-refractivity contribution in [2.75, 3.05) is 13.1 Å². The molecule has 8 nitrogen and oxygen atoms in total. The van der Waals surface area contributed by atoms with Crippen LogP contribution in [0.4, 0.5) is 13.6 Å². The third-order valence-electron chi connectivity index (χ3n) is 6.50. The number of halogens is 2. The largest absolute Gasteiger partial charge is 0.444 e. The molecule has 170 valence electrons. The Hall–Kier alpha value is -3.04. The molecule has 1 aromatic carbocycles. The summed E-state index contributed by atoms with van der Waals surface area (Å²) in [4.78, 5) is 29.3. The molecule has 1 aliphatic carbocycles. The molecule has 5 rings (SSSR count). The van der Waals surface area contributed by atoms with Crippen molar-refractivity contribution in [2.45, 2.75) is 63.6 Å². The van der Waals surface area contributed by atoms with Crippen molar-refractivity contribution in [3.63, 3.8) is 0 Å². The normalized spacial score (nSPS) is 23.2. The molecule has 2 aliphatic heterocycles. The lowest BCUT2D eigenvalue weighted by Crippen LogP contribution is -2.48. The van der Waals surface area contributed by atoms with Gasteiger partial charge in [0.05, 0.1) is 6.04 Å². The first-order valence-electron chi connectivity index (χ1n) is 11.0. The Bertz CT molecular complexity index is 1020. The molecule has 0 N–H and O–H groups in total.